The summed E-state index contributed by atoms with van der Waals surface area (Å²) in [7, 11) is 1.55. The topological polar surface area (TPSA) is 51.2 Å². The molecule has 0 fully saturated rings. The van der Waals surface area contributed by atoms with E-state index in [1.807, 2.05) is 24.3 Å². The molecule has 2 rings (SSSR count). The average Bonchev–Trinajstić information content (AvgIpc) is 2.54. The molecular formula is C20H24N2O2. The molecule has 126 valence electrons. The van der Waals surface area contributed by atoms with E-state index < -0.39 is 0 Å². The van der Waals surface area contributed by atoms with Crippen molar-refractivity contribution in [3.05, 3.63) is 59.8 Å². The average molecular weight is 324 g/mol. The van der Waals surface area contributed by atoms with Crippen LogP contribution in [-0.2, 0) is 0 Å². The number of benzene rings is 1. The van der Waals surface area contributed by atoms with Gasteiger partial charge in [0, 0.05) is 11.6 Å². The molecule has 0 radical (unpaired) electrons. The molecule has 24 heavy (non-hydrogen) atoms. The third-order valence-corrected chi connectivity index (χ3v) is 3.46. The van der Waals surface area contributed by atoms with Gasteiger partial charge in [0.25, 0.3) is 5.91 Å². The van der Waals surface area contributed by atoms with E-state index in [4.69, 9.17) is 4.74 Å². The van der Waals surface area contributed by atoms with Crippen molar-refractivity contribution in [3.8, 4) is 5.88 Å². The number of pyridine rings is 1. The lowest BCUT2D eigenvalue weighted by molar-refractivity contribution is 0.102. The third-order valence-electron chi connectivity index (χ3n) is 3.46. The van der Waals surface area contributed by atoms with Crippen LogP contribution in [0.25, 0.3) is 5.57 Å². The minimum Gasteiger partial charge on any atom is -0.481 e. The van der Waals surface area contributed by atoms with E-state index in [1.165, 1.54) is 5.57 Å². The summed E-state index contributed by atoms with van der Waals surface area (Å²) < 4.78 is 5.00. The first-order valence-corrected chi connectivity index (χ1v) is 7.90. The molecular weight excluding hydrogens is 300 g/mol. The Hall–Kier alpha value is -2.62. The van der Waals surface area contributed by atoms with E-state index in [0.717, 1.165) is 5.56 Å². The number of methoxy groups -OCH3 is 1. The van der Waals surface area contributed by atoms with Crippen LogP contribution in [0.2, 0.25) is 0 Å². The van der Waals surface area contributed by atoms with Crippen molar-refractivity contribution in [2.45, 2.75) is 27.7 Å². The highest BCUT2D eigenvalue weighted by atomic mass is 16.5. The van der Waals surface area contributed by atoms with Crippen molar-refractivity contribution in [1.29, 1.82) is 0 Å². The number of nitrogens with one attached hydrogen (secondary N) is 1. The molecule has 4 nitrogen and oxygen atoms in total. The van der Waals surface area contributed by atoms with Crippen molar-refractivity contribution < 1.29 is 9.53 Å². The number of hydrogen-bond donors (Lipinski definition) is 1. The standard InChI is InChI=1S/C20H24N2O2/c1-14(12-20(2,3)4)15-6-8-16(9-7-15)19(23)22-17-10-11-18(24-5)21-13-17/h6-13H,1-5H3,(H,22,23)/b14-12+. The van der Waals surface area contributed by atoms with E-state index in [1.54, 1.807) is 25.4 Å². The Kier molecular flexibility index (Phi) is 5.39. The summed E-state index contributed by atoms with van der Waals surface area (Å²) in [4.78, 5) is 16.4. The normalized spacial score (nSPS) is 12.0. The molecule has 1 aromatic carbocycles. The zero-order valence-corrected chi connectivity index (χ0v) is 14.9. The largest absolute Gasteiger partial charge is 0.481 e. The van der Waals surface area contributed by atoms with Crippen molar-refractivity contribution >= 4 is 17.2 Å². The summed E-state index contributed by atoms with van der Waals surface area (Å²) in [6, 6.07) is 11.1. The van der Waals surface area contributed by atoms with E-state index >= 15 is 0 Å². The number of carbonyl (C=O) groups excluding carboxylic acids is 1. The number of ether oxygens (including phenoxy) is 1. The van der Waals surface area contributed by atoms with Gasteiger partial charge in [-0.2, -0.15) is 0 Å². The predicted octanol–water partition coefficient (Wildman–Crippen LogP) is 4.79. The monoisotopic (exact) mass is 324 g/mol. The smallest absolute Gasteiger partial charge is 0.255 e. The van der Waals surface area contributed by atoms with E-state index in [2.05, 4.69) is 44.1 Å². The molecule has 0 saturated carbocycles. The molecule has 1 amide bonds. The zero-order valence-electron chi connectivity index (χ0n) is 14.9. The van der Waals surface area contributed by atoms with Gasteiger partial charge in [0.2, 0.25) is 5.88 Å². The molecule has 0 aliphatic heterocycles. The van der Waals surface area contributed by atoms with Crippen molar-refractivity contribution in [1.82, 2.24) is 4.98 Å². The second-order valence-electron chi connectivity index (χ2n) is 6.81. The number of aromatic nitrogens is 1. The van der Waals surface area contributed by atoms with Gasteiger partial charge in [0.1, 0.15) is 0 Å². The van der Waals surface area contributed by atoms with Crippen LogP contribution in [0.1, 0.15) is 43.6 Å². The Labute approximate surface area is 143 Å². The van der Waals surface area contributed by atoms with Gasteiger partial charge in [0.05, 0.1) is 19.0 Å². The van der Waals surface area contributed by atoms with E-state index in [9.17, 15) is 4.79 Å². The Morgan fingerprint density at radius 3 is 2.21 bits per heavy atom. The number of rotatable bonds is 4. The van der Waals surface area contributed by atoms with E-state index in [-0.39, 0.29) is 11.3 Å². The summed E-state index contributed by atoms with van der Waals surface area (Å²) in [5.41, 5.74) is 3.69. The lowest BCUT2D eigenvalue weighted by Gasteiger charge is -2.14. The first-order chi connectivity index (χ1) is 11.3. The molecule has 0 unspecified atom stereocenters. The maximum absolute atomic E-state index is 12.3. The Morgan fingerprint density at radius 1 is 1.08 bits per heavy atom. The van der Waals surface area contributed by atoms with Gasteiger partial charge in [-0.3, -0.25) is 4.79 Å². The van der Waals surface area contributed by atoms with Crippen molar-refractivity contribution in [2.24, 2.45) is 5.41 Å². The van der Waals surface area contributed by atoms with Crippen LogP contribution in [0.5, 0.6) is 5.88 Å². The molecule has 0 aliphatic carbocycles. The molecule has 0 atom stereocenters. The van der Waals surface area contributed by atoms with Gasteiger partial charge in [-0.15, -0.1) is 0 Å². The quantitative estimate of drug-likeness (QED) is 0.879. The first kappa shape index (κ1) is 17.7. The fraction of sp³-hybridized carbons (Fsp3) is 0.300. The molecule has 2 aromatic rings. The summed E-state index contributed by atoms with van der Waals surface area (Å²) >= 11 is 0. The summed E-state index contributed by atoms with van der Waals surface area (Å²) in [6.07, 6.45) is 3.80. The molecule has 0 aliphatic rings. The van der Waals surface area contributed by atoms with Crippen LogP contribution >= 0.6 is 0 Å². The number of anilines is 1. The first-order valence-electron chi connectivity index (χ1n) is 7.90. The number of carbonyl (C=O) groups is 1. The lowest BCUT2D eigenvalue weighted by atomic mass is 9.91. The second-order valence-corrected chi connectivity index (χ2v) is 6.81. The fourth-order valence-corrected chi connectivity index (χ4v) is 2.40. The molecule has 4 heteroatoms. The van der Waals surface area contributed by atoms with Crippen LogP contribution in [0.3, 0.4) is 0 Å². The maximum Gasteiger partial charge on any atom is 0.255 e. The van der Waals surface area contributed by atoms with Crippen LogP contribution in [0, 0.1) is 5.41 Å². The Morgan fingerprint density at radius 2 is 1.71 bits per heavy atom. The fourth-order valence-electron chi connectivity index (χ4n) is 2.40. The molecule has 0 spiro atoms. The number of hydrogen-bond acceptors (Lipinski definition) is 3. The van der Waals surface area contributed by atoms with Gasteiger partial charge in [0.15, 0.2) is 0 Å². The summed E-state index contributed by atoms with van der Waals surface area (Å²) in [5.74, 6) is 0.351. The van der Waals surface area contributed by atoms with Crippen LogP contribution in [-0.4, -0.2) is 18.0 Å². The van der Waals surface area contributed by atoms with Gasteiger partial charge in [-0.1, -0.05) is 39.0 Å². The number of amides is 1. The van der Waals surface area contributed by atoms with Gasteiger partial charge in [-0.05, 0) is 41.7 Å². The maximum atomic E-state index is 12.3. The molecule has 1 heterocycles. The van der Waals surface area contributed by atoms with Crippen LogP contribution < -0.4 is 10.1 Å². The number of allylic oxidation sites excluding steroid dienone is 2. The van der Waals surface area contributed by atoms with Crippen LogP contribution in [0.15, 0.2) is 48.7 Å². The third kappa shape index (κ3) is 4.95. The summed E-state index contributed by atoms with van der Waals surface area (Å²) in [6.45, 7) is 8.59. The summed E-state index contributed by atoms with van der Waals surface area (Å²) in [5, 5.41) is 2.82. The zero-order chi connectivity index (χ0) is 17.7. The molecule has 1 aromatic heterocycles. The highest BCUT2D eigenvalue weighted by molar-refractivity contribution is 6.04. The minimum absolute atomic E-state index is 0.126. The minimum atomic E-state index is -0.161. The van der Waals surface area contributed by atoms with Gasteiger partial charge < -0.3 is 10.1 Å². The van der Waals surface area contributed by atoms with Crippen molar-refractivity contribution in [2.75, 3.05) is 12.4 Å². The van der Waals surface area contributed by atoms with Crippen LogP contribution in [0.4, 0.5) is 5.69 Å². The number of nitrogens with zero attached hydrogens (tertiary/aromatic N) is 1. The Balaban J connectivity index is 2.09. The highest BCUT2D eigenvalue weighted by Gasteiger charge is 2.09. The molecule has 1 N–H and O–H groups in total. The van der Waals surface area contributed by atoms with Gasteiger partial charge in [-0.25, -0.2) is 4.98 Å². The lowest BCUT2D eigenvalue weighted by Crippen LogP contribution is -2.12. The molecule has 0 bridgehead atoms. The predicted molar refractivity (Wildman–Crippen MR) is 98.3 cm³/mol. The highest BCUT2D eigenvalue weighted by Crippen LogP contribution is 2.23. The second kappa shape index (κ2) is 7.30. The van der Waals surface area contributed by atoms with E-state index in [0.29, 0.717) is 17.1 Å². The van der Waals surface area contributed by atoms with Gasteiger partial charge >= 0.3 is 0 Å². The van der Waals surface area contributed by atoms with Crippen molar-refractivity contribution in [3.63, 3.8) is 0 Å². The molecule has 0 saturated heterocycles. The Bertz CT molecular complexity index is 724. The SMILES string of the molecule is COc1ccc(NC(=O)c2ccc(/C(C)=C/C(C)(C)C)cc2)cn1.